The predicted octanol–water partition coefficient (Wildman–Crippen LogP) is 7.64. The van der Waals surface area contributed by atoms with Crippen LogP contribution in [0.3, 0.4) is 0 Å². The zero-order valence-corrected chi connectivity index (χ0v) is 25.8. The molecule has 0 saturated heterocycles. The fraction of sp³-hybridized carbons (Fsp3) is 0.150. The number of carbonyl (C=O) groups excluding carboxylic acids is 1. The minimum Gasteiger partial charge on any atom is -0.378 e. The highest BCUT2D eigenvalue weighted by Gasteiger charge is 2.42. The molecule has 5 nitrogen and oxygen atoms in total. The molecule has 0 aliphatic heterocycles. The van der Waals surface area contributed by atoms with Crippen molar-refractivity contribution in [2.24, 2.45) is 5.92 Å². The molecule has 0 aliphatic carbocycles. The number of rotatable bonds is 9. The average Bonchev–Trinajstić information content (AvgIpc) is 3.60. The molecule has 45 heavy (non-hydrogen) atoms. The molecular weight excluding hydrogens is 554 g/mol. The van der Waals surface area contributed by atoms with Crippen LogP contribution in [0.2, 0.25) is 0 Å². The summed E-state index contributed by atoms with van der Waals surface area (Å²) in [6, 6.07) is 46.7. The summed E-state index contributed by atoms with van der Waals surface area (Å²) in [5.74, 6) is -0.307. The molecule has 0 bridgehead atoms. The predicted molar refractivity (Wildman–Crippen MR) is 180 cm³/mol. The fourth-order valence-electron chi connectivity index (χ4n) is 6.37. The van der Waals surface area contributed by atoms with Crippen LogP contribution in [-0.2, 0) is 11.1 Å². The monoisotopic (exact) mass is 591 g/mol. The lowest BCUT2D eigenvalue weighted by Crippen LogP contribution is -2.37. The lowest BCUT2D eigenvalue weighted by Gasteiger charge is -2.37. The Balaban J connectivity index is 1.48. The van der Waals surface area contributed by atoms with E-state index < -0.39 is 11.1 Å². The van der Waals surface area contributed by atoms with Gasteiger partial charge in [0.1, 0.15) is 11.1 Å². The van der Waals surface area contributed by atoms with Gasteiger partial charge in [0.25, 0.3) is 5.91 Å². The van der Waals surface area contributed by atoms with Crippen molar-refractivity contribution in [3.63, 3.8) is 0 Å². The first kappa shape index (κ1) is 29.8. The summed E-state index contributed by atoms with van der Waals surface area (Å²) in [6.07, 6.45) is 3.84. The van der Waals surface area contributed by atoms with E-state index in [1.165, 1.54) is 0 Å². The van der Waals surface area contributed by atoms with Crippen LogP contribution in [0.15, 0.2) is 152 Å². The number of hydrogen-bond acceptors (Lipinski definition) is 3. The number of hydrogen-bond donors (Lipinski definition) is 2. The standard InChI is InChI=1S/C40H37N3O2/c1-29(2)40(45,36-24-22-30(23-25-36)31-14-13-15-32(26-31)38(44)41-3)37-27-43(28-42-37)39(33-16-7-4-8-17-33,34-18-9-5-10-19-34)35-20-11-6-12-21-35/h4-29,45H,1-3H3,(H,41,44). The van der Waals surface area contributed by atoms with Gasteiger partial charge in [0.15, 0.2) is 0 Å². The summed E-state index contributed by atoms with van der Waals surface area (Å²) in [6.45, 7) is 4.03. The first-order valence-corrected chi connectivity index (χ1v) is 15.3. The van der Waals surface area contributed by atoms with Crippen molar-refractivity contribution in [1.29, 1.82) is 0 Å². The van der Waals surface area contributed by atoms with Crippen LogP contribution in [0, 0.1) is 5.92 Å². The van der Waals surface area contributed by atoms with Crippen LogP contribution in [0.25, 0.3) is 11.1 Å². The number of nitrogens with zero attached hydrogens (tertiary/aromatic N) is 2. The Morgan fingerprint density at radius 1 is 0.689 bits per heavy atom. The number of carbonyl (C=O) groups is 1. The van der Waals surface area contributed by atoms with Gasteiger partial charge in [-0.25, -0.2) is 4.98 Å². The maximum atomic E-state index is 12.5. The zero-order valence-electron chi connectivity index (χ0n) is 25.8. The van der Waals surface area contributed by atoms with Crippen molar-refractivity contribution < 1.29 is 9.90 Å². The first-order valence-electron chi connectivity index (χ1n) is 15.3. The summed E-state index contributed by atoms with van der Waals surface area (Å²) in [4.78, 5) is 17.1. The van der Waals surface area contributed by atoms with Gasteiger partial charge in [0.05, 0.1) is 12.0 Å². The molecule has 6 aromatic rings. The SMILES string of the molecule is CNC(=O)c1cccc(-c2ccc(C(O)(c3cn(C(c4ccccc4)(c4ccccc4)c4ccccc4)cn3)C(C)C)cc2)c1. The molecule has 5 heteroatoms. The Hall–Kier alpha value is -5.26. The van der Waals surface area contributed by atoms with E-state index in [2.05, 4.69) is 82.7 Å². The Morgan fingerprint density at radius 2 is 1.22 bits per heavy atom. The molecule has 1 atom stereocenters. The van der Waals surface area contributed by atoms with E-state index in [0.717, 1.165) is 33.4 Å². The normalized spacial score (nSPS) is 12.9. The van der Waals surface area contributed by atoms with Crippen LogP contribution >= 0.6 is 0 Å². The van der Waals surface area contributed by atoms with Crippen LogP contribution in [0.5, 0.6) is 0 Å². The largest absolute Gasteiger partial charge is 0.378 e. The van der Waals surface area contributed by atoms with Crippen molar-refractivity contribution in [2.45, 2.75) is 25.0 Å². The number of benzene rings is 5. The number of nitrogens with one attached hydrogen (secondary N) is 1. The molecule has 5 aromatic carbocycles. The van der Waals surface area contributed by atoms with Crippen LogP contribution in [0.4, 0.5) is 0 Å². The second kappa shape index (κ2) is 12.4. The molecule has 2 N–H and O–H groups in total. The molecular formula is C40H37N3O2. The molecule has 224 valence electrons. The fourth-order valence-corrected chi connectivity index (χ4v) is 6.37. The van der Waals surface area contributed by atoms with E-state index in [1.807, 2.05) is 87.0 Å². The van der Waals surface area contributed by atoms with Gasteiger partial charge in [-0.1, -0.05) is 141 Å². The van der Waals surface area contributed by atoms with E-state index in [1.54, 1.807) is 13.1 Å². The summed E-state index contributed by atoms with van der Waals surface area (Å²) in [5.41, 5.74) is 4.97. The van der Waals surface area contributed by atoms with Crippen LogP contribution < -0.4 is 5.32 Å². The van der Waals surface area contributed by atoms with Crippen molar-refractivity contribution in [3.8, 4) is 11.1 Å². The zero-order chi connectivity index (χ0) is 31.4. The highest BCUT2D eigenvalue weighted by Crippen LogP contribution is 2.43. The third-order valence-corrected chi connectivity index (χ3v) is 8.78. The number of aromatic nitrogens is 2. The van der Waals surface area contributed by atoms with Gasteiger partial charge < -0.3 is 15.0 Å². The third kappa shape index (κ3) is 5.26. The van der Waals surface area contributed by atoms with E-state index in [4.69, 9.17) is 4.98 Å². The highest BCUT2D eigenvalue weighted by atomic mass is 16.3. The highest BCUT2D eigenvalue weighted by molar-refractivity contribution is 5.95. The second-order valence-electron chi connectivity index (χ2n) is 11.6. The van der Waals surface area contributed by atoms with Gasteiger partial charge in [-0.3, -0.25) is 4.79 Å². The van der Waals surface area contributed by atoms with Gasteiger partial charge in [-0.15, -0.1) is 0 Å². The van der Waals surface area contributed by atoms with E-state index >= 15 is 0 Å². The molecule has 1 heterocycles. The molecule has 0 fully saturated rings. The van der Waals surface area contributed by atoms with E-state index in [-0.39, 0.29) is 11.8 Å². The summed E-state index contributed by atoms with van der Waals surface area (Å²) < 4.78 is 2.13. The molecule has 0 aliphatic rings. The van der Waals surface area contributed by atoms with Gasteiger partial charge in [-0.2, -0.15) is 0 Å². The second-order valence-corrected chi connectivity index (χ2v) is 11.6. The molecule has 0 radical (unpaired) electrons. The Bertz CT molecular complexity index is 1780. The van der Waals surface area contributed by atoms with Crippen molar-refractivity contribution in [2.75, 3.05) is 7.05 Å². The quantitative estimate of drug-likeness (QED) is 0.170. The van der Waals surface area contributed by atoms with Crippen molar-refractivity contribution >= 4 is 5.91 Å². The molecule has 1 aromatic heterocycles. The smallest absolute Gasteiger partial charge is 0.251 e. The molecule has 1 unspecified atom stereocenters. The summed E-state index contributed by atoms with van der Waals surface area (Å²) in [7, 11) is 1.63. The Kier molecular flexibility index (Phi) is 8.20. The van der Waals surface area contributed by atoms with Crippen molar-refractivity contribution in [1.82, 2.24) is 14.9 Å². The van der Waals surface area contributed by atoms with Gasteiger partial charge in [0.2, 0.25) is 0 Å². The number of imidazole rings is 1. The maximum Gasteiger partial charge on any atom is 0.251 e. The lowest BCUT2D eigenvalue weighted by atomic mass is 9.76. The van der Waals surface area contributed by atoms with Crippen LogP contribution in [0.1, 0.15) is 52.2 Å². The number of amides is 1. The third-order valence-electron chi connectivity index (χ3n) is 8.78. The van der Waals surface area contributed by atoms with Crippen LogP contribution in [-0.4, -0.2) is 27.6 Å². The van der Waals surface area contributed by atoms with Gasteiger partial charge in [0, 0.05) is 18.8 Å². The molecule has 6 rings (SSSR count). The minimum atomic E-state index is -1.36. The summed E-state index contributed by atoms with van der Waals surface area (Å²) in [5, 5.41) is 15.2. The number of aliphatic hydroxyl groups is 1. The maximum absolute atomic E-state index is 12.5. The Labute approximate surface area is 264 Å². The molecule has 0 spiro atoms. The average molecular weight is 592 g/mol. The lowest BCUT2D eigenvalue weighted by molar-refractivity contribution is 0.0278. The molecule has 0 saturated carbocycles. The summed E-state index contributed by atoms with van der Waals surface area (Å²) >= 11 is 0. The minimum absolute atomic E-state index is 0.129. The van der Waals surface area contributed by atoms with Gasteiger partial charge in [-0.05, 0) is 51.4 Å². The van der Waals surface area contributed by atoms with Gasteiger partial charge >= 0.3 is 0 Å². The first-order chi connectivity index (χ1) is 21.9. The Morgan fingerprint density at radius 3 is 1.71 bits per heavy atom. The topological polar surface area (TPSA) is 67.2 Å². The van der Waals surface area contributed by atoms with E-state index in [9.17, 15) is 9.90 Å². The van der Waals surface area contributed by atoms with Crippen molar-refractivity contribution in [3.05, 3.63) is 186 Å². The van der Waals surface area contributed by atoms with E-state index in [0.29, 0.717) is 11.3 Å². The molecule has 1 amide bonds.